The van der Waals surface area contributed by atoms with E-state index in [4.69, 9.17) is 23.2 Å². The summed E-state index contributed by atoms with van der Waals surface area (Å²) in [6.07, 6.45) is 1.03. The summed E-state index contributed by atoms with van der Waals surface area (Å²) < 4.78 is 0. The van der Waals surface area contributed by atoms with E-state index in [0.29, 0.717) is 16.1 Å². The Kier molecular flexibility index (Phi) is 4.69. The van der Waals surface area contributed by atoms with Crippen molar-refractivity contribution in [2.45, 2.75) is 19.4 Å². The molecule has 2 rings (SSSR count). The van der Waals surface area contributed by atoms with Gasteiger partial charge in [0.1, 0.15) is 0 Å². The third-order valence-electron chi connectivity index (χ3n) is 3.31. The first-order valence-corrected chi connectivity index (χ1v) is 6.81. The van der Waals surface area contributed by atoms with Gasteiger partial charge in [0.2, 0.25) is 0 Å². The molecule has 1 heterocycles. The number of nitrogens with zero attached hydrogens (tertiary/aromatic N) is 1. The van der Waals surface area contributed by atoms with Crippen LogP contribution in [-0.2, 0) is 6.42 Å². The van der Waals surface area contributed by atoms with Gasteiger partial charge in [-0.05, 0) is 31.0 Å². The lowest BCUT2D eigenvalue weighted by molar-refractivity contribution is 0.176. The molecule has 0 bridgehead atoms. The third kappa shape index (κ3) is 3.59. The molecule has 0 amide bonds. The van der Waals surface area contributed by atoms with Crippen LogP contribution in [0.25, 0.3) is 0 Å². The van der Waals surface area contributed by atoms with Crippen LogP contribution in [-0.4, -0.2) is 37.1 Å². The highest BCUT2D eigenvalue weighted by molar-refractivity contribution is 6.42. The zero-order valence-corrected chi connectivity index (χ0v) is 11.6. The normalized spacial score (nSPS) is 21.7. The van der Waals surface area contributed by atoms with Crippen molar-refractivity contribution in [3.05, 3.63) is 33.8 Å². The highest BCUT2D eigenvalue weighted by Crippen LogP contribution is 2.23. The van der Waals surface area contributed by atoms with E-state index >= 15 is 0 Å². The first kappa shape index (κ1) is 13.2. The van der Waals surface area contributed by atoms with Gasteiger partial charge < -0.3 is 5.32 Å². The molecule has 0 aliphatic carbocycles. The summed E-state index contributed by atoms with van der Waals surface area (Å²) in [6.45, 7) is 6.65. The van der Waals surface area contributed by atoms with Crippen LogP contribution in [0, 0.1) is 0 Å². The summed E-state index contributed by atoms with van der Waals surface area (Å²) in [5, 5.41) is 4.68. The van der Waals surface area contributed by atoms with Gasteiger partial charge in [0.15, 0.2) is 0 Å². The Bertz CT molecular complexity index is 382. The SMILES string of the molecule is CC1CNCCN1CCc1ccc(Cl)c(Cl)c1. The molecule has 94 valence electrons. The van der Waals surface area contributed by atoms with E-state index in [0.717, 1.165) is 32.6 Å². The van der Waals surface area contributed by atoms with Crippen molar-refractivity contribution in [2.75, 3.05) is 26.2 Å². The quantitative estimate of drug-likeness (QED) is 0.911. The van der Waals surface area contributed by atoms with Gasteiger partial charge >= 0.3 is 0 Å². The average Bonchev–Trinajstić information content (AvgIpc) is 2.32. The van der Waals surface area contributed by atoms with E-state index in [1.807, 2.05) is 12.1 Å². The van der Waals surface area contributed by atoms with Crippen LogP contribution in [0.5, 0.6) is 0 Å². The second kappa shape index (κ2) is 6.05. The number of halogens is 2. The number of rotatable bonds is 3. The monoisotopic (exact) mass is 272 g/mol. The lowest BCUT2D eigenvalue weighted by Crippen LogP contribution is -2.50. The molecule has 17 heavy (non-hydrogen) atoms. The largest absolute Gasteiger partial charge is 0.314 e. The minimum Gasteiger partial charge on any atom is -0.314 e. The average molecular weight is 273 g/mol. The molecule has 1 aromatic rings. The van der Waals surface area contributed by atoms with Crippen LogP contribution < -0.4 is 5.32 Å². The van der Waals surface area contributed by atoms with Crippen molar-refractivity contribution in [2.24, 2.45) is 0 Å². The summed E-state index contributed by atoms with van der Waals surface area (Å²) in [5.74, 6) is 0. The first-order valence-electron chi connectivity index (χ1n) is 6.05. The number of benzene rings is 1. The molecule has 1 fully saturated rings. The third-order valence-corrected chi connectivity index (χ3v) is 4.05. The molecule has 1 N–H and O–H groups in total. The fraction of sp³-hybridized carbons (Fsp3) is 0.538. The smallest absolute Gasteiger partial charge is 0.0595 e. The molecule has 0 aromatic heterocycles. The molecule has 0 spiro atoms. The van der Waals surface area contributed by atoms with Crippen molar-refractivity contribution in [3.8, 4) is 0 Å². The van der Waals surface area contributed by atoms with Crippen LogP contribution in [0.2, 0.25) is 10.0 Å². The highest BCUT2D eigenvalue weighted by atomic mass is 35.5. The summed E-state index contributed by atoms with van der Waals surface area (Å²) in [5.41, 5.74) is 1.25. The highest BCUT2D eigenvalue weighted by Gasteiger charge is 2.17. The van der Waals surface area contributed by atoms with Crippen LogP contribution >= 0.6 is 23.2 Å². The van der Waals surface area contributed by atoms with Crippen LogP contribution in [0.3, 0.4) is 0 Å². The number of hydrogen-bond acceptors (Lipinski definition) is 2. The van der Waals surface area contributed by atoms with Crippen molar-refractivity contribution in [1.82, 2.24) is 10.2 Å². The molecule has 1 saturated heterocycles. The van der Waals surface area contributed by atoms with E-state index in [9.17, 15) is 0 Å². The zero-order valence-electron chi connectivity index (χ0n) is 10.0. The van der Waals surface area contributed by atoms with Gasteiger partial charge in [-0.15, -0.1) is 0 Å². The summed E-state index contributed by atoms with van der Waals surface area (Å²) >= 11 is 11.9. The van der Waals surface area contributed by atoms with Gasteiger partial charge in [0.05, 0.1) is 10.0 Å². The molecule has 1 aliphatic heterocycles. The Hall–Kier alpha value is -0.280. The Morgan fingerprint density at radius 2 is 2.18 bits per heavy atom. The van der Waals surface area contributed by atoms with Gasteiger partial charge in [-0.2, -0.15) is 0 Å². The van der Waals surface area contributed by atoms with Crippen molar-refractivity contribution in [1.29, 1.82) is 0 Å². The Morgan fingerprint density at radius 1 is 1.35 bits per heavy atom. The molecule has 1 aromatic carbocycles. The van der Waals surface area contributed by atoms with Crippen LogP contribution in [0.4, 0.5) is 0 Å². The van der Waals surface area contributed by atoms with E-state index in [1.165, 1.54) is 5.56 Å². The second-order valence-corrected chi connectivity index (χ2v) is 5.40. The Labute approximate surface area is 113 Å². The molecule has 1 atom stereocenters. The standard InChI is InChI=1S/C13H18Cl2N2/c1-10-9-16-5-7-17(10)6-4-11-2-3-12(14)13(15)8-11/h2-3,8,10,16H,4-7,9H2,1H3. The predicted molar refractivity (Wildman–Crippen MR) is 74.1 cm³/mol. The molecule has 1 unspecified atom stereocenters. The van der Waals surface area contributed by atoms with Crippen LogP contribution in [0.1, 0.15) is 12.5 Å². The molecule has 1 aliphatic rings. The maximum Gasteiger partial charge on any atom is 0.0595 e. The van der Waals surface area contributed by atoms with Crippen LogP contribution in [0.15, 0.2) is 18.2 Å². The number of hydrogen-bond donors (Lipinski definition) is 1. The topological polar surface area (TPSA) is 15.3 Å². The minimum absolute atomic E-state index is 0.617. The lowest BCUT2D eigenvalue weighted by Gasteiger charge is -2.33. The fourth-order valence-corrected chi connectivity index (χ4v) is 2.50. The number of nitrogens with one attached hydrogen (secondary N) is 1. The maximum absolute atomic E-state index is 6.01. The Balaban J connectivity index is 1.90. The van der Waals surface area contributed by atoms with E-state index < -0.39 is 0 Å². The summed E-state index contributed by atoms with van der Waals surface area (Å²) in [4.78, 5) is 2.51. The molecular weight excluding hydrogens is 255 g/mol. The van der Waals surface area contributed by atoms with Gasteiger partial charge in [-0.25, -0.2) is 0 Å². The molecule has 0 saturated carbocycles. The van der Waals surface area contributed by atoms with Crippen molar-refractivity contribution >= 4 is 23.2 Å². The molecular formula is C13H18Cl2N2. The summed E-state index contributed by atoms with van der Waals surface area (Å²) in [7, 11) is 0. The summed E-state index contributed by atoms with van der Waals surface area (Å²) in [6, 6.07) is 6.52. The maximum atomic E-state index is 6.01. The van der Waals surface area contributed by atoms with E-state index in [-0.39, 0.29) is 0 Å². The molecule has 0 radical (unpaired) electrons. The minimum atomic E-state index is 0.617. The van der Waals surface area contributed by atoms with E-state index in [2.05, 4.69) is 23.2 Å². The molecule has 4 heteroatoms. The van der Waals surface area contributed by atoms with Crippen molar-refractivity contribution < 1.29 is 0 Å². The molecule has 2 nitrogen and oxygen atoms in total. The Morgan fingerprint density at radius 3 is 2.88 bits per heavy atom. The van der Waals surface area contributed by atoms with Crippen molar-refractivity contribution in [3.63, 3.8) is 0 Å². The number of piperazine rings is 1. The first-order chi connectivity index (χ1) is 8.16. The zero-order chi connectivity index (χ0) is 12.3. The predicted octanol–water partition coefficient (Wildman–Crippen LogP) is 2.83. The second-order valence-electron chi connectivity index (χ2n) is 4.59. The van der Waals surface area contributed by atoms with Gasteiger partial charge in [0, 0.05) is 32.2 Å². The lowest BCUT2D eigenvalue weighted by atomic mass is 10.1. The van der Waals surface area contributed by atoms with Gasteiger partial charge in [-0.3, -0.25) is 4.90 Å². The van der Waals surface area contributed by atoms with Gasteiger partial charge in [0.25, 0.3) is 0 Å². The van der Waals surface area contributed by atoms with Gasteiger partial charge in [-0.1, -0.05) is 29.3 Å². The van der Waals surface area contributed by atoms with E-state index in [1.54, 1.807) is 0 Å². The fourth-order valence-electron chi connectivity index (χ4n) is 2.18.